The molecule has 0 aromatic heterocycles. The van der Waals surface area contributed by atoms with Crippen molar-refractivity contribution < 1.29 is 23.9 Å². The van der Waals surface area contributed by atoms with E-state index in [4.69, 9.17) is 9.47 Å². The van der Waals surface area contributed by atoms with Gasteiger partial charge in [-0.2, -0.15) is 0 Å². The van der Waals surface area contributed by atoms with Gasteiger partial charge in [0, 0.05) is 13.8 Å². The average Bonchev–Trinajstić information content (AvgIpc) is 2.58. The summed E-state index contributed by atoms with van der Waals surface area (Å²) in [6.07, 6.45) is 6.10. The molecule has 0 spiro atoms. The number of rotatable bonds is 6. The summed E-state index contributed by atoms with van der Waals surface area (Å²) in [6, 6.07) is 13.7. The quantitative estimate of drug-likeness (QED) is 0.450. The Labute approximate surface area is 151 Å². The van der Waals surface area contributed by atoms with Crippen molar-refractivity contribution in [2.45, 2.75) is 13.8 Å². The zero-order valence-corrected chi connectivity index (χ0v) is 14.5. The molecule has 0 unspecified atom stereocenters. The maximum atomic E-state index is 12.0. The lowest BCUT2D eigenvalue weighted by atomic mass is 10.1. The smallest absolute Gasteiger partial charge is 0.308 e. The molecule has 2 aromatic rings. The number of carbonyl (C=O) groups is 3. The van der Waals surface area contributed by atoms with E-state index in [0.29, 0.717) is 11.5 Å². The fourth-order valence-corrected chi connectivity index (χ4v) is 2.11. The minimum atomic E-state index is -0.402. The van der Waals surface area contributed by atoms with Crippen molar-refractivity contribution in [3.8, 4) is 11.5 Å². The van der Waals surface area contributed by atoms with E-state index >= 15 is 0 Å². The highest BCUT2D eigenvalue weighted by molar-refractivity contribution is 6.04. The first kappa shape index (κ1) is 18.9. The lowest BCUT2D eigenvalue weighted by molar-refractivity contribution is -0.132. The number of esters is 2. The summed E-state index contributed by atoms with van der Waals surface area (Å²) >= 11 is 0. The van der Waals surface area contributed by atoms with Crippen LogP contribution in [-0.4, -0.2) is 17.7 Å². The van der Waals surface area contributed by atoms with Crippen molar-refractivity contribution >= 4 is 29.9 Å². The van der Waals surface area contributed by atoms with E-state index in [-0.39, 0.29) is 5.78 Å². The van der Waals surface area contributed by atoms with Crippen LogP contribution in [0.5, 0.6) is 11.5 Å². The number of carbonyl (C=O) groups excluding carboxylic acids is 3. The fourth-order valence-electron chi connectivity index (χ4n) is 2.11. The molecule has 0 aliphatic rings. The largest absolute Gasteiger partial charge is 0.427 e. The molecule has 0 fully saturated rings. The van der Waals surface area contributed by atoms with Crippen molar-refractivity contribution in [1.29, 1.82) is 0 Å². The van der Waals surface area contributed by atoms with E-state index in [1.807, 2.05) is 0 Å². The van der Waals surface area contributed by atoms with Crippen LogP contribution in [0.15, 0.2) is 60.7 Å². The summed E-state index contributed by atoms with van der Waals surface area (Å²) in [7, 11) is 0. The van der Waals surface area contributed by atoms with Gasteiger partial charge in [-0.25, -0.2) is 0 Å². The van der Waals surface area contributed by atoms with Gasteiger partial charge in [-0.1, -0.05) is 36.4 Å². The lowest BCUT2D eigenvalue weighted by Crippen LogP contribution is -2.01. The molecule has 0 amide bonds. The molecule has 5 nitrogen and oxygen atoms in total. The summed E-state index contributed by atoms with van der Waals surface area (Å²) in [5.41, 5.74) is 1.48. The molecule has 0 atom stereocenters. The molecule has 0 bridgehead atoms. The van der Waals surface area contributed by atoms with Crippen molar-refractivity contribution in [3.63, 3.8) is 0 Å². The van der Waals surface area contributed by atoms with Gasteiger partial charge in [0.05, 0.1) is 0 Å². The Hall–Kier alpha value is -3.47. The second-order valence-corrected chi connectivity index (χ2v) is 5.40. The maximum Gasteiger partial charge on any atom is 0.308 e. The summed E-state index contributed by atoms with van der Waals surface area (Å²) in [4.78, 5) is 33.9. The summed E-state index contributed by atoms with van der Waals surface area (Å²) < 4.78 is 10.00. The van der Waals surface area contributed by atoms with Gasteiger partial charge in [0.1, 0.15) is 11.5 Å². The molecular weight excluding hydrogens is 332 g/mol. The van der Waals surface area contributed by atoms with Crippen LogP contribution in [0.2, 0.25) is 0 Å². The number of allylic oxidation sites excluding steroid dienone is 2. The Morgan fingerprint density at radius 1 is 0.731 bits per heavy atom. The van der Waals surface area contributed by atoms with Crippen LogP contribution in [0, 0.1) is 0 Å². The Balaban J connectivity index is 2.02. The van der Waals surface area contributed by atoms with E-state index in [1.54, 1.807) is 60.7 Å². The highest BCUT2D eigenvalue weighted by Crippen LogP contribution is 2.16. The first-order chi connectivity index (χ1) is 12.4. The third-order valence-corrected chi connectivity index (χ3v) is 3.12. The van der Waals surface area contributed by atoms with Gasteiger partial charge in [0.2, 0.25) is 0 Å². The second-order valence-electron chi connectivity index (χ2n) is 5.40. The van der Waals surface area contributed by atoms with Gasteiger partial charge in [-0.05, 0) is 47.5 Å². The van der Waals surface area contributed by atoms with E-state index in [1.165, 1.54) is 26.0 Å². The third-order valence-electron chi connectivity index (χ3n) is 3.12. The van der Waals surface area contributed by atoms with Crippen molar-refractivity contribution in [1.82, 2.24) is 0 Å². The van der Waals surface area contributed by atoms with E-state index in [9.17, 15) is 14.4 Å². The number of benzene rings is 2. The summed E-state index contributed by atoms with van der Waals surface area (Å²) in [5.74, 6) is -0.169. The van der Waals surface area contributed by atoms with Crippen molar-refractivity contribution in [2.24, 2.45) is 0 Å². The molecule has 5 heteroatoms. The highest BCUT2D eigenvalue weighted by Gasteiger charge is 2.00. The number of hydrogen-bond donors (Lipinski definition) is 0. The van der Waals surface area contributed by atoms with E-state index in [0.717, 1.165) is 11.1 Å². The molecule has 0 radical (unpaired) electrons. The van der Waals surface area contributed by atoms with Gasteiger partial charge in [0.25, 0.3) is 0 Å². The summed E-state index contributed by atoms with van der Waals surface area (Å²) in [5, 5.41) is 0. The SMILES string of the molecule is CC(=O)Oc1cccc(C=CC(=O)C=Cc2cccc(OC(C)=O)c2)c1. The lowest BCUT2D eigenvalue weighted by Gasteiger charge is -2.01. The zero-order valence-electron chi connectivity index (χ0n) is 14.5. The van der Waals surface area contributed by atoms with Crippen LogP contribution in [0.25, 0.3) is 12.2 Å². The van der Waals surface area contributed by atoms with Gasteiger partial charge in [-0.3, -0.25) is 14.4 Å². The molecule has 0 heterocycles. The Bertz CT molecular complexity index is 806. The molecule has 0 aliphatic heterocycles. The standard InChI is InChI=1S/C21H18O5/c1-15(22)25-20-7-3-5-17(13-20)9-11-19(24)12-10-18-6-4-8-21(14-18)26-16(2)23/h3-14H,1-2H3. The highest BCUT2D eigenvalue weighted by atomic mass is 16.5. The second kappa shape index (κ2) is 9.13. The monoisotopic (exact) mass is 350 g/mol. The minimum Gasteiger partial charge on any atom is -0.427 e. The molecule has 0 aliphatic carbocycles. The number of hydrogen-bond acceptors (Lipinski definition) is 5. The van der Waals surface area contributed by atoms with Crippen LogP contribution >= 0.6 is 0 Å². The minimum absolute atomic E-state index is 0.208. The van der Waals surface area contributed by atoms with Gasteiger partial charge in [-0.15, -0.1) is 0 Å². The van der Waals surface area contributed by atoms with Gasteiger partial charge < -0.3 is 9.47 Å². The Kier molecular flexibility index (Phi) is 6.62. The Morgan fingerprint density at radius 2 is 1.15 bits per heavy atom. The molecule has 2 aromatic carbocycles. The van der Waals surface area contributed by atoms with E-state index in [2.05, 4.69) is 0 Å². The molecule has 0 saturated heterocycles. The van der Waals surface area contributed by atoms with Crippen LogP contribution in [0.4, 0.5) is 0 Å². The van der Waals surface area contributed by atoms with Crippen molar-refractivity contribution in [3.05, 3.63) is 71.8 Å². The Morgan fingerprint density at radius 3 is 1.54 bits per heavy atom. The zero-order chi connectivity index (χ0) is 18.9. The van der Waals surface area contributed by atoms with Crippen molar-refractivity contribution in [2.75, 3.05) is 0 Å². The predicted molar refractivity (Wildman–Crippen MR) is 98.6 cm³/mol. The molecular formula is C21H18O5. The molecule has 132 valence electrons. The summed E-state index contributed by atoms with van der Waals surface area (Å²) in [6.45, 7) is 2.65. The number of ketones is 1. The molecule has 26 heavy (non-hydrogen) atoms. The average molecular weight is 350 g/mol. The molecule has 0 N–H and O–H groups in total. The number of ether oxygens (including phenoxy) is 2. The third kappa shape index (κ3) is 6.57. The van der Waals surface area contributed by atoms with Crippen LogP contribution in [-0.2, 0) is 14.4 Å². The predicted octanol–water partition coefficient (Wildman–Crippen LogP) is 3.83. The fraction of sp³-hybridized carbons (Fsp3) is 0.0952. The topological polar surface area (TPSA) is 69.7 Å². The maximum absolute atomic E-state index is 12.0. The van der Waals surface area contributed by atoms with Crippen LogP contribution in [0.3, 0.4) is 0 Å². The van der Waals surface area contributed by atoms with Crippen LogP contribution < -0.4 is 9.47 Å². The van der Waals surface area contributed by atoms with Gasteiger partial charge >= 0.3 is 11.9 Å². The molecule has 2 rings (SSSR count). The first-order valence-electron chi connectivity index (χ1n) is 7.89. The van der Waals surface area contributed by atoms with Crippen LogP contribution in [0.1, 0.15) is 25.0 Å². The van der Waals surface area contributed by atoms with Gasteiger partial charge in [0.15, 0.2) is 5.78 Å². The normalized spacial score (nSPS) is 10.8. The molecule has 0 saturated carbocycles. The van der Waals surface area contributed by atoms with E-state index < -0.39 is 11.9 Å². The first-order valence-corrected chi connectivity index (χ1v) is 7.89.